The van der Waals surface area contributed by atoms with Crippen molar-refractivity contribution in [1.82, 2.24) is 19.7 Å². The van der Waals surface area contributed by atoms with E-state index in [9.17, 15) is 0 Å². The zero-order chi connectivity index (χ0) is 14.3. The summed E-state index contributed by atoms with van der Waals surface area (Å²) in [7, 11) is 0. The van der Waals surface area contributed by atoms with E-state index < -0.39 is 5.54 Å². The Morgan fingerprint density at radius 1 is 1.26 bits per heavy atom. The number of hydrogen-bond acceptors (Lipinski definition) is 7. The predicted octanol–water partition coefficient (Wildman–Crippen LogP) is 2.47. The fraction of sp³-hybridized carbons (Fsp3) is 0.667. The average molecular weight is 281 g/mol. The quantitative estimate of drug-likeness (QED) is 0.929. The molecule has 0 bridgehead atoms. The molecule has 6 nitrogen and oxygen atoms in total. The molecule has 2 aromatic rings. The van der Waals surface area contributed by atoms with Crippen LogP contribution in [0.3, 0.4) is 0 Å². The largest absolute Gasteiger partial charge is 0.333 e. The molecule has 1 unspecified atom stereocenters. The number of aromatic nitrogens is 4. The lowest BCUT2D eigenvalue weighted by Crippen LogP contribution is -2.33. The summed E-state index contributed by atoms with van der Waals surface area (Å²) in [6.45, 7) is 10.1. The first-order valence-electron chi connectivity index (χ1n) is 6.22. The summed E-state index contributed by atoms with van der Waals surface area (Å²) in [5.41, 5.74) is 6.28. The minimum absolute atomic E-state index is 0.117. The van der Waals surface area contributed by atoms with E-state index in [0.717, 1.165) is 17.0 Å². The van der Waals surface area contributed by atoms with Gasteiger partial charge in [-0.3, -0.25) is 0 Å². The van der Waals surface area contributed by atoms with Crippen molar-refractivity contribution >= 4 is 11.5 Å². The van der Waals surface area contributed by atoms with Crippen LogP contribution in [0, 0.1) is 0 Å². The lowest BCUT2D eigenvalue weighted by Gasteiger charge is -2.17. The van der Waals surface area contributed by atoms with E-state index in [1.54, 1.807) is 0 Å². The van der Waals surface area contributed by atoms with Gasteiger partial charge in [-0.2, -0.15) is 4.98 Å². The van der Waals surface area contributed by atoms with Gasteiger partial charge in [-0.1, -0.05) is 37.3 Å². The maximum absolute atomic E-state index is 6.12. The Hall–Kier alpha value is -1.34. The Labute approximate surface area is 116 Å². The van der Waals surface area contributed by atoms with Gasteiger partial charge >= 0.3 is 0 Å². The summed E-state index contributed by atoms with van der Waals surface area (Å²) in [4.78, 5) is 5.21. The molecule has 0 saturated carbocycles. The van der Waals surface area contributed by atoms with Gasteiger partial charge in [0.05, 0.1) is 11.2 Å². The maximum Gasteiger partial charge on any atom is 0.271 e. The molecule has 0 saturated heterocycles. The van der Waals surface area contributed by atoms with Gasteiger partial charge < -0.3 is 10.3 Å². The van der Waals surface area contributed by atoms with Crippen molar-refractivity contribution in [2.75, 3.05) is 0 Å². The molecule has 19 heavy (non-hydrogen) atoms. The van der Waals surface area contributed by atoms with Crippen LogP contribution in [0.15, 0.2) is 4.52 Å². The Bertz CT molecular complexity index is 567. The van der Waals surface area contributed by atoms with E-state index in [-0.39, 0.29) is 5.41 Å². The first-order valence-corrected chi connectivity index (χ1v) is 6.99. The van der Waals surface area contributed by atoms with Crippen molar-refractivity contribution in [3.05, 3.63) is 11.5 Å². The van der Waals surface area contributed by atoms with E-state index in [2.05, 4.69) is 40.5 Å². The third-order valence-electron chi connectivity index (χ3n) is 3.06. The fourth-order valence-electron chi connectivity index (χ4n) is 1.53. The Kier molecular flexibility index (Phi) is 3.44. The molecular formula is C12H19N5OS. The van der Waals surface area contributed by atoms with Crippen LogP contribution >= 0.6 is 11.5 Å². The summed E-state index contributed by atoms with van der Waals surface area (Å²) in [5, 5.41) is 8.14. The van der Waals surface area contributed by atoms with Crippen LogP contribution < -0.4 is 5.73 Å². The van der Waals surface area contributed by atoms with E-state index in [1.807, 2.05) is 13.8 Å². The molecule has 1 atom stereocenters. The van der Waals surface area contributed by atoms with Crippen LogP contribution in [0.5, 0.6) is 0 Å². The van der Waals surface area contributed by atoms with Crippen LogP contribution in [0.1, 0.15) is 52.6 Å². The van der Waals surface area contributed by atoms with Crippen molar-refractivity contribution in [2.24, 2.45) is 5.73 Å². The van der Waals surface area contributed by atoms with Gasteiger partial charge in [-0.15, -0.1) is 5.10 Å². The molecule has 0 amide bonds. The third kappa shape index (κ3) is 2.66. The smallest absolute Gasteiger partial charge is 0.271 e. The summed E-state index contributed by atoms with van der Waals surface area (Å²) < 4.78 is 9.31. The molecule has 104 valence electrons. The molecule has 2 heterocycles. The van der Waals surface area contributed by atoms with Crippen LogP contribution in [0.2, 0.25) is 0 Å². The molecule has 0 aliphatic heterocycles. The van der Waals surface area contributed by atoms with E-state index >= 15 is 0 Å². The molecule has 0 radical (unpaired) electrons. The molecule has 7 heteroatoms. The van der Waals surface area contributed by atoms with Gasteiger partial charge in [0.2, 0.25) is 0 Å². The zero-order valence-corrected chi connectivity index (χ0v) is 12.7. The van der Waals surface area contributed by atoms with Crippen LogP contribution in [-0.4, -0.2) is 19.7 Å². The molecule has 2 rings (SSSR count). The standard InChI is InChI=1S/C12H19N5OS/c1-6-12(5,13)10-14-9(18-16-10)7-8(11(2,3)4)15-17-19-7/h6,13H2,1-5H3. The van der Waals surface area contributed by atoms with Crippen LogP contribution in [-0.2, 0) is 11.0 Å². The van der Waals surface area contributed by atoms with E-state index in [4.69, 9.17) is 10.3 Å². The minimum atomic E-state index is -0.582. The number of rotatable bonds is 3. The zero-order valence-electron chi connectivity index (χ0n) is 11.9. The summed E-state index contributed by atoms with van der Waals surface area (Å²) in [5.74, 6) is 0.957. The van der Waals surface area contributed by atoms with Crippen molar-refractivity contribution in [2.45, 2.75) is 52.0 Å². The predicted molar refractivity (Wildman–Crippen MR) is 73.7 cm³/mol. The van der Waals surface area contributed by atoms with Gasteiger partial charge in [-0.05, 0) is 24.9 Å². The first-order chi connectivity index (χ1) is 8.75. The monoisotopic (exact) mass is 281 g/mol. The van der Waals surface area contributed by atoms with Gasteiger partial charge in [-0.25, -0.2) is 0 Å². The molecule has 0 fully saturated rings. The van der Waals surface area contributed by atoms with Crippen LogP contribution in [0.4, 0.5) is 0 Å². The number of nitrogens with zero attached hydrogens (tertiary/aromatic N) is 4. The molecule has 2 aromatic heterocycles. The Morgan fingerprint density at radius 3 is 2.53 bits per heavy atom. The first kappa shape index (κ1) is 14.1. The van der Waals surface area contributed by atoms with Crippen molar-refractivity contribution in [1.29, 1.82) is 0 Å². The van der Waals surface area contributed by atoms with Crippen molar-refractivity contribution in [3.63, 3.8) is 0 Å². The fourth-order valence-corrected chi connectivity index (χ4v) is 2.33. The highest BCUT2D eigenvalue weighted by Crippen LogP contribution is 2.33. The molecule has 0 aliphatic rings. The normalized spacial score (nSPS) is 15.5. The summed E-state index contributed by atoms with van der Waals surface area (Å²) in [6.07, 6.45) is 0.735. The topological polar surface area (TPSA) is 90.7 Å². The second kappa shape index (κ2) is 4.64. The Morgan fingerprint density at radius 2 is 1.95 bits per heavy atom. The van der Waals surface area contributed by atoms with Crippen molar-refractivity contribution in [3.8, 4) is 10.8 Å². The van der Waals surface area contributed by atoms with Crippen LogP contribution in [0.25, 0.3) is 10.8 Å². The molecular weight excluding hydrogens is 262 g/mol. The molecule has 0 aromatic carbocycles. The Balaban J connectivity index is 2.42. The lowest BCUT2D eigenvalue weighted by atomic mass is 9.91. The number of nitrogens with two attached hydrogens (primary N) is 1. The molecule has 0 aliphatic carbocycles. The lowest BCUT2D eigenvalue weighted by molar-refractivity contribution is 0.378. The van der Waals surface area contributed by atoms with E-state index in [1.165, 1.54) is 11.5 Å². The van der Waals surface area contributed by atoms with E-state index in [0.29, 0.717) is 11.7 Å². The highest BCUT2D eigenvalue weighted by molar-refractivity contribution is 7.09. The van der Waals surface area contributed by atoms with Crippen molar-refractivity contribution < 1.29 is 4.52 Å². The van der Waals surface area contributed by atoms with Gasteiger partial charge in [0.25, 0.3) is 5.89 Å². The summed E-state index contributed by atoms with van der Waals surface area (Å²) >= 11 is 1.26. The second-order valence-corrected chi connectivity index (χ2v) is 6.65. The third-order valence-corrected chi connectivity index (χ3v) is 3.78. The highest BCUT2D eigenvalue weighted by atomic mass is 32.1. The summed E-state index contributed by atoms with van der Waals surface area (Å²) in [6, 6.07) is 0. The van der Waals surface area contributed by atoms with Gasteiger partial charge in [0.1, 0.15) is 4.88 Å². The second-order valence-electron chi connectivity index (χ2n) is 5.89. The van der Waals surface area contributed by atoms with Gasteiger partial charge in [0.15, 0.2) is 5.82 Å². The maximum atomic E-state index is 6.12. The minimum Gasteiger partial charge on any atom is -0.333 e. The number of hydrogen-bond donors (Lipinski definition) is 1. The molecule has 0 spiro atoms. The highest BCUT2D eigenvalue weighted by Gasteiger charge is 2.30. The van der Waals surface area contributed by atoms with Gasteiger partial charge in [0, 0.05) is 5.41 Å². The average Bonchev–Trinajstić information content (AvgIpc) is 2.96. The molecule has 2 N–H and O–H groups in total. The SMILES string of the molecule is CCC(C)(N)c1noc(-c2snnc2C(C)(C)C)n1.